The number of anilines is 1. The third-order valence-corrected chi connectivity index (χ3v) is 8.38. The van der Waals surface area contributed by atoms with Gasteiger partial charge in [-0.15, -0.1) is 0 Å². The molecular weight excluding hydrogens is 491 g/mol. The van der Waals surface area contributed by atoms with Gasteiger partial charge in [-0.05, 0) is 81.5 Å². The number of hydrogen-bond donors (Lipinski definition) is 0. The van der Waals surface area contributed by atoms with E-state index in [4.69, 9.17) is 4.74 Å². The molecule has 3 aromatic rings. The summed E-state index contributed by atoms with van der Waals surface area (Å²) < 4.78 is 21.8. The van der Waals surface area contributed by atoms with E-state index in [1.807, 2.05) is 42.6 Å². The van der Waals surface area contributed by atoms with Gasteiger partial charge in [-0.3, -0.25) is 4.79 Å². The van der Waals surface area contributed by atoms with Crippen molar-refractivity contribution in [1.29, 1.82) is 0 Å². The highest BCUT2D eigenvalue weighted by atomic mass is 19.1. The van der Waals surface area contributed by atoms with Crippen LogP contribution in [0, 0.1) is 11.7 Å². The van der Waals surface area contributed by atoms with Crippen LogP contribution in [0.1, 0.15) is 56.8 Å². The summed E-state index contributed by atoms with van der Waals surface area (Å²) in [5.74, 6) is 1.32. The van der Waals surface area contributed by atoms with Crippen molar-refractivity contribution < 1.29 is 13.9 Å². The monoisotopic (exact) mass is 536 g/mol. The zero-order chi connectivity index (χ0) is 27.9. The number of rotatable bonds is 12. The smallest absolute Gasteiger partial charge is 0.256 e. The number of amides is 1. The lowest BCUT2D eigenvalue weighted by atomic mass is 9.91. The molecular formula is C32H45FN4O2. The van der Waals surface area contributed by atoms with Crippen LogP contribution in [-0.2, 0) is 7.05 Å². The lowest BCUT2D eigenvalue weighted by molar-refractivity contribution is 0.0770. The number of halogens is 1. The molecule has 2 unspecified atom stereocenters. The molecule has 1 amide bonds. The van der Waals surface area contributed by atoms with Gasteiger partial charge in [-0.25, -0.2) is 4.39 Å². The standard InChI is InChI=1S/C32H45FN4O2/c1-6-25-10-9-24(3)37(22-25)17-8-20-39-28-14-12-27(13-15-28)34(4)18-19-36(7-2)32(38)30-23-35(5)31-16-11-26(33)21-29(30)31/h11-16,21,23-25H,6-10,17-20,22H2,1-5H3. The zero-order valence-electron chi connectivity index (χ0n) is 24.3. The van der Waals surface area contributed by atoms with Crippen LogP contribution in [-0.4, -0.2) is 72.7 Å². The van der Waals surface area contributed by atoms with Crippen molar-refractivity contribution in [2.45, 2.75) is 52.5 Å². The second-order valence-electron chi connectivity index (χ2n) is 11.0. The number of fused-ring (bicyclic) bond motifs is 1. The number of aryl methyl sites for hydroxylation is 1. The Labute approximate surface area is 233 Å². The fraction of sp³-hybridized carbons (Fsp3) is 0.531. The summed E-state index contributed by atoms with van der Waals surface area (Å²) in [5.41, 5.74) is 2.46. The predicted octanol–water partition coefficient (Wildman–Crippen LogP) is 6.20. The number of nitrogens with zero attached hydrogens (tertiary/aromatic N) is 4. The molecule has 0 spiro atoms. The average Bonchev–Trinajstić information content (AvgIpc) is 3.27. The minimum absolute atomic E-state index is 0.0741. The van der Waals surface area contributed by atoms with Crippen molar-refractivity contribution in [3.05, 3.63) is 60.0 Å². The first-order chi connectivity index (χ1) is 18.8. The van der Waals surface area contributed by atoms with Gasteiger partial charge in [0.1, 0.15) is 11.6 Å². The van der Waals surface area contributed by atoms with Crippen molar-refractivity contribution in [3.8, 4) is 5.75 Å². The Kier molecular flexibility index (Phi) is 9.89. The first kappa shape index (κ1) is 28.9. The molecule has 7 heteroatoms. The molecule has 212 valence electrons. The summed E-state index contributed by atoms with van der Waals surface area (Å²) in [6.45, 7) is 11.5. The van der Waals surface area contributed by atoms with Crippen LogP contribution < -0.4 is 9.64 Å². The van der Waals surface area contributed by atoms with Crippen molar-refractivity contribution in [3.63, 3.8) is 0 Å². The van der Waals surface area contributed by atoms with Crippen molar-refractivity contribution in [2.24, 2.45) is 13.0 Å². The largest absolute Gasteiger partial charge is 0.494 e. The third-order valence-electron chi connectivity index (χ3n) is 8.38. The van der Waals surface area contributed by atoms with Gasteiger partial charge in [-0.2, -0.15) is 0 Å². The van der Waals surface area contributed by atoms with Gasteiger partial charge in [-0.1, -0.05) is 13.3 Å². The summed E-state index contributed by atoms with van der Waals surface area (Å²) in [6.07, 6.45) is 6.78. The molecule has 1 aliphatic heterocycles. The van der Waals surface area contributed by atoms with E-state index in [9.17, 15) is 9.18 Å². The summed E-state index contributed by atoms with van der Waals surface area (Å²) in [5, 5.41) is 0.653. The van der Waals surface area contributed by atoms with E-state index in [1.54, 1.807) is 12.3 Å². The minimum atomic E-state index is -0.334. The Bertz CT molecular complexity index is 1220. The van der Waals surface area contributed by atoms with Crippen molar-refractivity contribution in [1.82, 2.24) is 14.4 Å². The first-order valence-electron chi connectivity index (χ1n) is 14.5. The molecule has 2 heterocycles. The second kappa shape index (κ2) is 13.3. The van der Waals surface area contributed by atoms with E-state index < -0.39 is 0 Å². The molecule has 1 fully saturated rings. The van der Waals surface area contributed by atoms with Crippen molar-refractivity contribution in [2.75, 3.05) is 51.3 Å². The van der Waals surface area contributed by atoms with Crippen LogP contribution in [0.2, 0.25) is 0 Å². The zero-order valence-corrected chi connectivity index (χ0v) is 24.3. The number of aromatic nitrogens is 1. The maximum atomic E-state index is 13.9. The summed E-state index contributed by atoms with van der Waals surface area (Å²) >= 11 is 0. The van der Waals surface area contributed by atoms with Crippen LogP contribution in [0.25, 0.3) is 10.9 Å². The molecule has 2 aromatic carbocycles. The average molecular weight is 537 g/mol. The molecule has 0 aliphatic carbocycles. The molecule has 4 rings (SSSR count). The van der Waals surface area contributed by atoms with Crippen molar-refractivity contribution >= 4 is 22.5 Å². The lowest BCUT2D eigenvalue weighted by Gasteiger charge is -2.37. The molecule has 1 aromatic heterocycles. The highest BCUT2D eigenvalue weighted by Gasteiger charge is 2.24. The summed E-state index contributed by atoms with van der Waals surface area (Å²) in [6, 6.07) is 13.5. The molecule has 1 aliphatic rings. The SMILES string of the molecule is CCC1CCC(C)N(CCCOc2ccc(N(C)CCN(CC)C(=O)c3cn(C)c4ccc(F)cc34)cc2)C1. The lowest BCUT2D eigenvalue weighted by Crippen LogP contribution is -2.42. The maximum Gasteiger partial charge on any atom is 0.256 e. The van der Waals surface area contributed by atoms with Gasteiger partial charge in [0.05, 0.1) is 12.2 Å². The van der Waals surface area contributed by atoms with E-state index in [2.05, 4.69) is 35.8 Å². The highest BCUT2D eigenvalue weighted by Crippen LogP contribution is 2.25. The Morgan fingerprint density at radius 1 is 1.10 bits per heavy atom. The Hall–Kier alpha value is -3.06. The fourth-order valence-electron chi connectivity index (χ4n) is 5.67. The number of ether oxygens (including phenoxy) is 1. The van der Waals surface area contributed by atoms with Crippen LogP contribution in [0.3, 0.4) is 0 Å². The molecule has 39 heavy (non-hydrogen) atoms. The maximum absolute atomic E-state index is 13.9. The van der Waals surface area contributed by atoms with Gasteiger partial charge in [0.2, 0.25) is 0 Å². The number of carbonyl (C=O) groups is 1. The number of piperidine rings is 1. The quantitative estimate of drug-likeness (QED) is 0.259. The molecule has 0 radical (unpaired) electrons. The summed E-state index contributed by atoms with van der Waals surface area (Å²) in [4.78, 5) is 19.9. The van der Waals surface area contributed by atoms with Crippen LogP contribution in [0.4, 0.5) is 10.1 Å². The van der Waals surface area contributed by atoms with Gasteiger partial charge >= 0.3 is 0 Å². The minimum Gasteiger partial charge on any atom is -0.494 e. The Balaban J connectivity index is 1.25. The van der Waals surface area contributed by atoms with Crippen LogP contribution in [0.15, 0.2) is 48.7 Å². The second-order valence-corrected chi connectivity index (χ2v) is 11.0. The van der Waals surface area contributed by atoms with E-state index in [0.717, 1.165) is 42.4 Å². The van der Waals surface area contributed by atoms with Crippen LogP contribution >= 0.6 is 0 Å². The molecule has 1 saturated heterocycles. The number of carbonyl (C=O) groups excluding carboxylic acids is 1. The highest BCUT2D eigenvalue weighted by molar-refractivity contribution is 6.07. The molecule has 0 saturated carbocycles. The number of likely N-dealkylation sites (tertiary alicyclic amines) is 1. The van der Waals surface area contributed by atoms with E-state index in [-0.39, 0.29) is 11.7 Å². The molecule has 2 atom stereocenters. The Morgan fingerprint density at radius 3 is 2.59 bits per heavy atom. The number of benzene rings is 2. The normalized spacial score (nSPS) is 17.9. The Morgan fingerprint density at radius 2 is 1.87 bits per heavy atom. The van der Waals surface area contributed by atoms with E-state index in [0.29, 0.717) is 36.6 Å². The third kappa shape index (κ3) is 7.13. The molecule has 0 N–H and O–H groups in total. The number of likely N-dealkylation sites (N-methyl/N-ethyl adjacent to an activating group) is 2. The van der Waals surface area contributed by atoms with Gasteiger partial charge < -0.3 is 24.0 Å². The topological polar surface area (TPSA) is 41.0 Å². The molecule has 0 bridgehead atoms. The van der Waals surface area contributed by atoms with Gasteiger partial charge in [0.25, 0.3) is 5.91 Å². The van der Waals surface area contributed by atoms with E-state index in [1.165, 1.54) is 37.9 Å². The van der Waals surface area contributed by atoms with Gasteiger partial charge in [0.15, 0.2) is 0 Å². The summed E-state index contributed by atoms with van der Waals surface area (Å²) in [7, 11) is 3.91. The predicted molar refractivity (Wildman–Crippen MR) is 158 cm³/mol. The fourth-order valence-corrected chi connectivity index (χ4v) is 5.67. The molecule has 6 nitrogen and oxygen atoms in total. The van der Waals surface area contributed by atoms with Crippen LogP contribution in [0.5, 0.6) is 5.75 Å². The van der Waals surface area contributed by atoms with Gasteiger partial charge in [0, 0.05) is 75.6 Å². The first-order valence-corrected chi connectivity index (χ1v) is 14.5. The van der Waals surface area contributed by atoms with E-state index >= 15 is 0 Å². The number of hydrogen-bond acceptors (Lipinski definition) is 4.